The number of hydrogen-bond donors (Lipinski definition) is 1. The maximum absolute atomic E-state index is 12.6. The van der Waals surface area contributed by atoms with Crippen LogP contribution in [0.3, 0.4) is 0 Å². The Morgan fingerprint density at radius 3 is 2.35 bits per heavy atom. The van der Waals surface area contributed by atoms with Crippen LogP contribution in [0.5, 0.6) is 5.75 Å². The van der Waals surface area contributed by atoms with E-state index in [0.29, 0.717) is 12.1 Å². The molecule has 0 saturated carbocycles. The molecule has 1 fully saturated rings. The molecule has 3 rings (SSSR count). The second kappa shape index (κ2) is 10.8. The molecule has 2 aromatic rings. The zero-order valence-electron chi connectivity index (χ0n) is 18.6. The van der Waals surface area contributed by atoms with E-state index in [4.69, 9.17) is 4.74 Å². The molecule has 31 heavy (non-hydrogen) atoms. The predicted molar refractivity (Wildman–Crippen MR) is 124 cm³/mol. The summed E-state index contributed by atoms with van der Waals surface area (Å²) in [6.07, 6.45) is 1.94. The number of rotatable bonds is 7. The Bertz CT molecular complexity index is 929. The van der Waals surface area contributed by atoms with Crippen molar-refractivity contribution in [3.8, 4) is 5.75 Å². The monoisotopic (exact) mass is 421 g/mol. The van der Waals surface area contributed by atoms with Gasteiger partial charge in [0.05, 0.1) is 13.5 Å². The van der Waals surface area contributed by atoms with Crippen LogP contribution in [0.2, 0.25) is 0 Å². The molecule has 1 N–H and O–H groups in total. The van der Waals surface area contributed by atoms with E-state index in [0.717, 1.165) is 55.2 Å². The Balaban J connectivity index is 1.55. The fourth-order valence-corrected chi connectivity index (χ4v) is 3.73. The maximum atomic E-state index is 12.6. The van der Waals surface area contributed by atoms with E-state index in [1.165, 1.54) is 0 Å². The fraction of sp³-hybridized carbons (Fsp3) is 0.360. The number of carbonyl (C=O) groups is 2. The summed E-state index contributed by atoms with van der Waals surface area (Å²) in [5.74, 6) is 0.679. The molecule has 6 heteroatoms. The number of nitrogens with zero attached hydrogens (tertiary/aromatic N) is 2. The molecule has 0 atom stereocenters. The van der Waals surface area contributed by atoms with E-state index < -0.39 is 0 Å². The Kier molecular flexibility index (Phi) is 7.84. The van der Waals surface area contributed by atoms with Crippen LogP contribution >= 0.6 is 0 Å². The molecule has 0 aromatic heterocycles. The fourth-order valence-electron chi connectivity index (χ4n) is 3.73. The number of piperazine rings is 1. The van der Waals surface area contributed by atoms with E-state index in [1.807, 2.05) is 60.4 Å². The lowest BCUT2D eigenvalue weighted by Gasteiger charge is -2.34. The lowest BCUT2D eigenvalue weighted by molar-refractivity contribution is -0.132. The molecule has 164 valence electrons. The average Bonchev–Trinajstić information content (AvgIpc) is 2.80. The summed E-state index contributed by atoms with van der Waals surface area (Å²) in [6, 6.07) is 15.1. The number of likely N-dealkylation sites (N-methyl/N-ethyl adjacent to an activating group) is 1. The Morgan fingerprint density at radius 1 is 1.03 bits per heavy atom. The van der Waals surface area contributed by atoms with Crippen molar-refractivity contribution in [3.63, 3.8) is 0 Å². The number of benzene rings is 2. The molecule has 0 radical (unpaired) electrons. The molecule has 6 nitrogen and oxygen atoms in total. The average molecular weight is 422 g/mol. The normalized spacial score (nSPS) is 14.9. The van der Waals surface area contributed by atoms with Crippen molar-refractivity contribution in [2.45, 2.75) is 20.3 Å². The minimum atomic E-state index is -0.207. The SMILES string of the molecule is CCN1CCN(C(=O)Cc2ccc(NC(=O)C=C(C)c3ccccc3OC)cc2)CC1. The lowest BCUT2D eigenvalue weighted by Crippen LogP contribution is -2.48. The first-order valence-electron chi connectivity index (χ1n) is 10.7. The number of ether oxygens (including phenoxy) is 1. The molecular weight excluding hydrogens is 390 g/mol. The van der Waals surface area contributed by atoms with Crippen molar-refractivity contribution >= 4 is 23.1 Å². The number of carbonyl (C=O) groups excluding carboxylic acids is 2. The summed E-state index contributed by atoms with van der Waals surface area (Å²) >= 11 is 0. The Morgan fingerprint density at radius 2 is 1.71 bits per heavy atom. The zero-order chi connectivity index (χ0) is 22.2. The van der Waals surface area contributed by atoms with Gasteiger partial charge in [0.15, 0.2) is 0 Å². The van der Waals surface area contributed by atoms with Crippen LogP contribution in [-0.4, -0.2) is 61.4 Å². The summed E-state index contributed by atoms with van der Waals surface area (Å²) in [6.45, 7) is 8.52. The number of allylic oxidation sites excluding steroid dienone is 1. The van der Waals surface area contributed by atoms with E-state index in [1.54, 1.807) is 13.2 Å². The van der Waals surface area contributed by atoms with E-state index in [2.05, 4.69) is 17.1 Å². The lowest BCUT2D eigenvalue weighted by atomic mass is 10.1. The predicted octanol–water partition coefficient (Wildman–Crippen LogP) is 3.44. The Labute approximate surface area is 184 Å². The van der Waals surface area contributed by atoms with Crippen LogP contribution in [0, 0.1) is 0 Å². The smallest absolute Gasteiger partial charge is 0.248 e. The minimum Gasteiger partial charge on any atom is -0.496 e. The number of nitrogens with one attached hydrogen (secondary N) is 1. The highest BCUT2D eigenvalue weighted by Gasteiger charge is 2.20. The Hall–Kier alpha value is -3.12. The van der Waals surface area contributed by atoms with Gasteiger partial charge in [-0.1, -0.05) is 37.3 Å². The number of anilines is 1. The van der Waals surface area contributed by atoms with Crippen LogP contribution in [0.1, 0.15) is 25.0 Å². The van der Waals surface area contributed by atoms with Gasteiger partial charge in [-0.2, -0.15) is 0 Å². The quantitative estimate of drug-likeness (QED) is 0.696. The molecule has 1 heterocycles. The summed E-state index contributed by atoms with van der Waals surface area (Å²) in [5, 5.41) is 2.88. The number of methoxy groups -OCH3 is 1. The first-order valence-corrected chi connectivity index (χ1v) is 10.7. The van der Waals surface area contributed by atoms with Crippen LogP contribution in [0.4, 0.5) is 5.69 Å². The van der Waals surface area contributed by atoms with Crippen molar-refractivity contribution in [1.82, 2.24) is 9.80 Å². The van der Waals surface area contributed by atoms with Crippen molar-refractivity contribution in [2.24, 2.45) is 0 Å². The zero-order valence-corrected chi connectivity index (χ0v) is 18.6. The third kappa shape index (κ3) is 6.18. The summed E-state index contributed by atoms with van der Waals surface area (Å²) in [7, 11) is 1.61. The van der Waals surface area contributed by atoms with Crippen molar-refractivity contribution in [1.29, 1.82) is 0 Å². The van der Waals surface area contributed by atoms with Gasteiger partial charge in [0, 0.05) is 43.5 Å². The highest BCUT2D eigenvalue weighted by atomic mass is 16.5. The van der Waals surface area contributed by atoms with Crippen molar-refractivity contribution in [2.75, 3.05) is 45.2 Å². The largest absolute Gasteiger partial charge is 0.496 e. The molecule has 1 saturated heterocycles. The number of para-hydroxylation sites is 1. The van der Waals surface area contributed by atoms with Crippen LogP contribution in [0.25, 0.3) is 5.57 Å². The molecule has 2 amide bonds. The standard InChI is InChI=1S/C25H31N3O3/c1-4-27-13-15-28(16-14-27)25(30)18-20-9-11-21(12-10-20)26-24(29)17-19(2)22-7-5-6-8-23(22)31-3/h5-12,17H,4,13-16,18H2,1-3H3,(H,26,29). The molecule has 0 unspecified atom stereocenters. The molecule has 0 bridgehead atoms. The van der Waals surface area contributed by atoms with Gasteiger partial charge in [0.25, 0.3) is 0 Å². The second-order valence-corrected chi connectivity index (χ2v) is 7.71. The summed E-state index contributed by atoms with van der Waals surface area (Å²) in [4.78, 5) is 29.3. The van der Waals surface area contributed by atoms with E-state index in [-0.39, 0.29) is 11.8 Å². The minimum absolute atomic E-state index is 0.155. The van der Waals surface area contributed by atoms with Crippen LogP contribution in [-0.2, 0) is 16.0 Å². The van der Waals surface area contributed by atoms with Gasteiger partial charge in [-0.25, -0.2) is 0 Å². The van der Waals surface area contributed by atoms with Gasteiger partial charge in [-0.3, -0.25) is 9.59 Å². The molecule has 1 aliphatic rings. The molecule has 2 aromatic carbocycles. The number of hydrogen-bond acceptors (Lipinski definition) is 4. The summed E-state index contributed by atoms with van der Waals surface area (Å²) in [5.41, 5.74) is 3.35. The van der Waals surface area contributed by atoms with Crippen molar-refractivity contribution < 1.29 is 14.3 Å². The first kappa shape index (κ1) is 22.6. The third-order valence-electron chi connectivity index (χ3n) is 5.63. The van der Waals surface area contributed by atoms with Gasteiger partial charge < -0.3 is 19.9 Å². The number of amides is 2. The van der Waals surface area contributed by atoms with E-state index >= 15 is 0 Å². The topological polar surface area (TPSA) is 61.9 Å². The second-order valence-electron chi connectivity index (χ2n) is 7.71. The van der Waals surface area contributed by atoms with Gasteiger partial charge in [-0.15, -0.1) is 0 Å². The van der Waals surface area contributed by atoms with Crippen molar-refractivity contribution in [3.05, 3.63) is 65.7 Å². The van der Waals surface area contributed by atoms with E-state index in [9.17, 15) is 9.59 Å². The molecule has 0 aliphatic carbocycles. The highest BCUT2D eigenvalue weighted by Crippen LogP contribution is 2.25. The van der Waals surface area contributed by atoms with Gasteiger partial charge in [-0.05, 0) is 42.8 Å². The molecule has 0 spiro atoms. The highest BCUT2D eigenvalue weighted by molar-refractivity contribution is 6.04. The van der Waals surface area contributed by atoms with Crippen LogP contribution in [0.15, 0.2) is 54.6 Å². The summed E-state index contributed by atoms with van der Waals surface area (Å²) < 4.78 is 5.36. The van der Waals surface area contributed by atoms with Gasteiger partial charge in [0.1, 0.15) is 5.75 Å². The third-order valence-corrected chi connectivity index (χ3v) is 5.63. The van der Waals surface area contributed by atoms with Crippen LogP contribution < -0.4 is 10.1 Å². The maximum Gasteiger partial charge on any atom is 0.248 e. The first-order chi connectivity index (χ1) is 15.0. The molecular formula is C25H31N3O3. The van der Waals surface area contributed by atoms with Gasteiger partial charge in [0.2, 0.25) is 11.8 Å². The molecule has 1 aliphatic heterocycles. The van der Waals surface area contributed by atoms with Gasteiger partial charge >= 0.3 is 0 Å².